The van der Waals surface area contributed by atoms with Crippen LogP contribution in [0.3, 0.4) is 0 Å². The number of hydrogen-bond donors (Lipinski definition) is 2. The molecule has 1 aromatic carbocycles. The van der Waals surface area contributed by atoms with E-state index in [0.717, 1.165) is 18.5 Å². The van der Waals surface area contributed by atoms with Crippen molar-refractivity contribution in [3.05, 3.63) is 45.8 Å². The number of nitrogens with one attached hydrogen (secondary N) is 2. The molecule has 1 fully saturated rings. The second kappa shape index (κ2) is 5.09. The van der Waals surface area contributed by atoms with Crippen LogP contribution in [0.15, 0.2) is 33.5 Å². The average molecular weight is 272 g/mol. The van der Waals surface area contributed by atoms with Crippen LogP contribution in [0.5, 0.6) is 0 Å². The minimum atomic E-state index is -0.578. The normalized spacial score (nSPS) is 15.1. The molecule has 2 N–H and O–H groups in total. The van der Waals surface area contributed by atoms with Crippen LogP contribution in [0.4, 0.5) is 0 Å². The molecule has 104 valence electrons. The molecule has 3 rings (SSSR count). The summed E-state index contributed by atoms with van der Waals surface area (Å²) in [4.78, 5) is 24.2. The lowest BCUT2D eigenvalue weighted by Crippen LogP contribution is -2.48. The Morgan fingerprint density at radius 3 is 2.85 bits per heavy atom. The van der Waals surface area contributed by atoms with Crippen molar-refractivity contribution in [2.45, 2.75) is 6.92 Å². The second-order valence-electron chi connectivity index (χ2n) is 5.12. The highest BCUT2D eigenvalue weighted by Crippen LogP contribution is 2.18. The first-order chi connectivity index (χ1) is 9.66. The topological polar surface area (TPSA) is 71.3 Å². The van der Waals surface area contributed by atoms with Gasteiger partial charge in [0.25, 0.3) is 5.91 Å². The highest BCUT2D eigenvalue weighted by molar-refractivity contribution is 5.99. The van der Waals surface area contributed by atoms with Crippen LogP contribution in [0.2, 0.25) is 0 Å². The van der Waals surface area contributed by atoms with Crippen molar-refractivity contribution in [1.29, 1.82) is 0 Å². The molecule has 1 aliphatic rings. The third-order valence-corrected chi connectivity index (χ3v) is 3.72. The number of carbonyl (C=O) groups excluding carboxylic acids is 1. The molecule has 0 aliphatic carbocycles. The summed E-state index contributed by atoms with van der Waals surface area (Å²) in [7, 11) is 0. The fraction of sp³-hybridized carbons (Fsp3) is 0.333. The lowest BCUT2D eigenvalue weighted by Gasteiger charge is -2.27. The molecule has 0 radical (unpaired) electrons. The second-order valence-corrected chi connectivity index (χ2v) is 5.12. The zero-order valence-electron chi connectivity index (χ0n) is 11.2. The maximum atomic E-state index is 12.2. The Bertz CT molecular complexity index is 717. The van der Waals surface area contributed by atoms with E-state index in [2.05, 4.69) is 10.6 Å². The first kappa shape index (κ1) is 12.9. The molecule has 1 amide bonds. The minimum Gasteiger partial charge on any atom is -0.422 e. The van der Waals surface area contributed by atoms with E-state index in [1.165, 1.54) is 0 Å². The van der Waals surface area contributed by atoms with Gasteiger partial charge in [-0.1, -0.05) is 18.2 Å². The SMILES string of the molecule is Cc1c(C(=O)NCC2CNC2)c(=O)oc2ccccc12. The first-order valence-electron chi connectivity index (χ1n) is 6.68. The van der Waals surface area contributed by atoms with Gasteiger partial charge in [0.1, 0.15) is 11.1 Å². The fourth-order valence-corrected chi connectivity index (χ4v) is 2.39. The van der Waals surface area contributed by atoms with Crippen LogP contribution in [0.1, 0.15) is 15.9 Å². The third-order valence-electron chi connectivity index (χ3n) is 3.72. The smallest absolute Gasteiger partial charge is 0.349 e. The Morgan fingerprint density at radius 1 is 1.40 bits per heavy atom. The molecule has 20 heavy (non-hydrogen) atoms. The first-order valence-corrected chi connectivity index (χ1v) is 6.68. The van der Waals surface area contributed by atoms with E-state index in [1.54, 1.807) is 19.1 Å². The number of rotatable bonds is 3. The summed E-state index contributed by atoms with van der Waals surface area (Å²) in [5.41, 5.74) is 0.706. The van der Waals surface area contributed by atoms with E-state index in [-0.39, 0.29) is 11.5 Å². The van der Waals surface area contributed by atoms with Gasteiger partial charge in [0.15, 0.2) is 0 Å². The molecule has 2 heterocycles. The van der Waals surface area contributed by atoms with Gasteiger partial charge in [0.2, 0.25) is 0 Å². The molecule has 0 atom stereocenters. The average Bonchev–Trinajstić information content (AvgIpc) is 2.37. The lowest BCUT2D eigenvalue weighted by atomic mass is 10.0. The number of aryl methyl sites for hydroxylation is 1. The highest BCUT2D eigenvalue weighted by Gasteiger charge is 2.21. The van der Waals surface area contributed by atoms with Crippen molar-refractivity contribution in [2.24, 2.45) is 5.92 Å². The number of hydrogen-bond acceptors (Lipinski definition) is 4. The minimum absolute atomic E-state index is 0.107. The Balaban J connectivity index is 1.93. The van der Waals surface area contributed by atoms with Gasteiger partial charge in [-0.25, -0.2) is 4.79 Å². The largest absolute Gasteiger partial charge is 0.422 e. The van der Waals surface area contributed by atoms with Crippen molar-refractivity contribution in [2.75, 3.05) is 19.6 Å². The van der Waals surface area contributed by atoms with Crippen molar-refractivity contribution >= 4 is 16.9 Å². The summed E-state index contributed by atoms with van der Waals surface area (Å²) in [5.74, 6) is 0.0978. The molecule has 0 saturated carbocycles. The van der Waals surface area contributed by atoms with Gasteiger partial charge in [0, 0.05) is 30.9 Å². The van der Waals surface area contributed by atoms with Crippen LogP contribution >= 0.6 is 0 Å². The maximum Gasteiger partial charge on any atom is 0.349 e. The van der Waals surface area contributed by atoms with E-state index in [1.807, 2.05) is 12.1 Å². The predicted molar refractivity (Wildman–Crippen MR) is 75.9 cm³/mol. The van der Waals surface area contributed by atoms with Gasteiger partial charge in [-0.15, -0.1) is 0 Å². The summed E-state index contributed by atoms with van der Waals surface area (Å²) >= 11 is 0. The molecular formula is C15H16N2O3. The Hall–Kier alpha value is -2.14. The molecule has 5 heteroatoms. The number of amides is 1. The van der Waals surface area contributed by atoms with Gasteiger partial charge in [-0.05, 0) is 18.6 Å². The summed E-state index contributed by atoms with van der Waals surface area (Å²) in [6, 6.07) is 7.23. The standard InChI is InChI=1S/C15H16N2O3/c1-9-11-4-2-3-5-12(11)20-15(19)13(9)14(18)17-8-10-6-16-7-10/h2-5,10,16H,6-8H2,1H3,(H,17,18). The summed E-state index contributed by atoms with van der Waals surface area (Å²) in [5, 5.41) is 6.74. The van der Waals surface area contributed by atoms with E-state index in [0.29, 0.717) is 23.6 Å². The number of fused-ring (bicyclic) bond motifs is 1. The highest BCUT2D eigenvalue weighted by atomic mass is 16.4. The van der Waals surface area contributed by atoms with Crippen LogP contribution < -0.4 is 16.3 Å². The summed E-state index contributed by atoms with van der Waals surface area (Å²) in [6.07, 6.45) is 0. The molecule has 0 bridgehead atoms. The number of para-hydroxylation sites is 1. The van der Waals surface area contributed by atoms with Crippen LogP contribution in [-0.4, -0.2) is 25.5 Å². The molecule has 2 aromatic rings. The van der Waals surface area contributed by atoms with E-state index in [4.69, 9.17) is 4.42 Å². The summed E-state index contributed by atoms with van der Waals surface area (Å²) < 4.78 is 5.21. The van der Waals surface area contributed by atoms with E-state index >= 15 is 0 Å². The fourth-order valence-electron chi connectivity index (χ4n) is 2.39. The Kier molecular flexibility index (Phi) is 3.28. The van der Waals surface area contributed by atoms with Crippen molar-refractivity contribution in [3.8, 4) is 0 Å². The molecule has 1 saturated heterocycles. The molecule has 0 spiro atoms. The van der Waals surface area contributed by atoms with Crippen molar-refractivity contribution < 1.29 is 9.21 Å². The summed E-state index contributed by atoms with van der Waals surface area (Å²) in [6.45, 7) is 4.17. The number of benzene rings is 1. The van der Waals surface area contributed by atoms with Crippen LogP contribution in [-0.2, 0) is 0 Å². The van der Waals surface area contributed by atoms with E-state index < -0.39 is 5.63 Å². The van der Waals surface area contributed by atoms with Crippen molar-refractivity contribution in [3.63, 3.8) is 0 Å². The zero-order valence-corrected chi connectivity index (χ0v) is 11.2. The van der Waals surface area contributed by atoms with Gasteiger partial charge < -0.3 is 15.1 Å². The molecule has 1 aliphatic heterocycles. The molecular weight excluding hydrogens is 256 g/mol. The van der Waals surface area contributed by atoms with Crippen LogP contribution in [0.25, 0.3) is 11.0 Å². The zero-order chi connectivity index (χ0) is 14.1. The van der Waals surface area contributed by atoms with Gasteiger partial charge in [-0.2, -0.15) is 0 Å². The van der Waals surface area contributed by atoms with Gasteiger partial charge in [-0.3, -0.25) is 4.79 Å². The Morgan fingerprint density at radius 2 is 2.15 bits per heavy atom. The number of carbonyl (C=O) groups is 1. The van der Waals surface area contributed by atoms with Gasteiger partial charge >= 0.3 is 5.63 Å². The third kappa shape index (κ3) is 2.20. The monoisotopic (exact) mass is 272 g/mol. The quantitative estimate of drug-likeness (QED) is 0.819. The van der Waals surface area contributed by atoms with Gasteiger partial charge in [0.05, 0.1) is 0 Å². The Labute approximate surface area is 116 Å². The molecule has 5 nitrogen and oxygen atoms in total. The predicted octanol–water partition coefficient (Wildman–Crippen LogP) is 1.05. The molecule has 0 unspecified atom stereocenters. The lowest BCUT2D eigenvalue weighted by molar-refractivity contribution is 0.0938. The van der Waals surface area contributed by atoms with Crippen molar-refractivity contribution in [1.82, 2.24) is 10.6 Å². The maximum absolute atomic E-state index is 12.2. The van der Waals surface area contributed by atoms with E-state index in [9.17, 15) is 9.59 Å². The molecule has 1 aromatic heterocycles. The van der Waals surface area contributed by atoms with Crippen LogP contribution in [0, 0.1) is 12.8 Å².